The van der Waals surface area contributed by atoms with E-state index in [1.54, 1.807) is 0 Å². The molecule has 0 N–H and O–H groups in total. The first kappa shape index (κ1) is 34.9. The van der Waals surface area contributed by atoms with Gasteiger partial charge >= 0.3 is 0 Å². The van der Waals surface area contributed by atoms with Crippen LogP contribution in [0.1, 0.15) is 68.0 Å². The molecule has 0 saturated carbocycles. The lowest BCUT2D eigenvalue weighted by Gasteiger charge is -2.28. The Bertz CT molecular complexity index is 2370. The monoisotopic (exact) mass is 700 g/mol. The summed E-state index contributed by atoms with van der Waals surface area (Å²) in [6.07, 6.45) is 4.47. The Kier molecular flexibility index (Phi) is 9.07. The first-order valence-corrected chi connectivity index (χ1v) is 19.0. The molecule has 0 atom stereocenters. The zero-order chi connectivity index (χ0) is 37.5. The molecular weight excluding hydrogens is 653 g/mol. The summed E-state index contributed by atoms with van der Waals surface area (Å²) >= 11 is 0. The van der Waals surface area contributed by atoms with E-state index >= 15 is 0 Å². The topological polar surface area (TPSA) is 6.48 Å². The minimum atomic E-state index is -0.143. The van der Waals surface area contributed by atoms with E-state index in [2.05, 4.69) is 233 Å². The van der Waals surface area contributed by atoms with Crippen LogP contribution < -0.4 is 9.80 Å². The van der Waals surface area contributed by atoms with Crippen molar-refractivity contribution >= 4 is 46.3 Å². The maximum absolute atomic E-state index is 2.39. The number of aryl methyl sites for hydroxylation is 1. The van der Waals surface area contributed by atoms with Gasteiger partial charge in [-0.15, -0.1) is 0 Å². The molecule has 2 heteroatoms. The fourth-order valence-corrected chi connectivity index (χ4v) is 7.77. The Labute approximate surface area is 321 Å². The average molecular weight is 701 g/mol. The quantitative estimate of drug-likeness (QED) is 0.146. The first-order chi connectivity index (χ1) is 26.1. The van der Waals surface area contributed by atoms with Gasteiger partial charge in [-0.05, 0) is 124 Å². The van der Waals surface area contributed by atoms with Crippen molar-refractivity contribution in [3.8, 4) is 11.1 Å². The fourth-order valence-electron chi connectivity index (χ4n) is 7.77. The van der Waals surface area contributed by atoms with E-state index in [1.165, 1.54) is 50.2 Å². The third-order valence-electron chi connectivity index (χ3n) is 10.9. The van der Waals surface area contributed by atoms with Crippen LogP contribution in [0.3, 0.4) is 0 Å². The second kappa shape index (κ2) is 14.0. The lowest BCUT2D eigenvalue weighted by molar-refractivity contribution is 0.590. The van der Waals surface area contributed by atoms with Gasteiger partial charge in [-0.1, -0.05) is 149 Å². The summed E-state index contributed by atoms with van der Waals surface area (Å²) in [7, 11) is 0. The van der Waals surface area contributed by atoms with Gasteiger partial charge in [-0.25, -0.2) is 0 Å². The standard InChI is InChI=1S/C52H48N2/c1-37-17-26-43(27-18-37)53(45-30-24-40(25-31-45)51(2,3)4)44-28-21-38(22-29-44)19-20-39-23-33-47-48-34-32-46(36-50(48)52(5,6)49(47)35-39)54(41-13-9-7-10-14-41)42-15-11-8-12-16-42/h7-36H,1-6H3/b20-19+. The molecule has 0 radical (unpaired) electrons. The van der Waals surface area contributed by atoms with Crippen LogP contribution in [0.5, 0.6) is 0 Å². The lowest BCUT2D eigenvalue weighted by Crippen LogP contribution is -2.16. The van der Waals surface area contributed by atoms with Gasteiger partial charge in [-0.3, -0.25) is 0 Å². The van der Waals surface area contributed by atoms with Crippen molar-refractivity contribution < 1.29 is 0 Å². The van der Waals surface area contributed by atoms with Gasteiger partial charge in [0.05, 0.1) is 0 Å². The van der Waals surface area contributed by atoms with E-state index < -0.39 is 0 Å². The molecule has 0 spiro atoms. The van der Waals surface area contributed by atoms with E-state index in [1.807, 2.05) is 0 Å². The predicted molar refractivity (Wildman–Crippen MR) is 232 cm³/mol. The minimum Gasteiger partial charge on any atom is -0.311 e. The summed E-state index contributed by atoms with van der Waals surface area (Å²) in [5.41, 5.74) is 17.2. The third-order valence-corrected chi connectivity index (χ3v) is 10.9. The Morgan fingerprint density at radius 3 is 1.39 bits per heavy atom. The predicted octanol–water partition coefficient (Wildman–Crippen LogP) is 14.7. The van der Waals surface area contributed by atoms with Crippen LogP contribution in [0.15, 0.2) is 170 Å². The Morgan fingerprint density at radius 2 is 0.833 bits per heavy atom. The van der Waals surface area contributed by atoms with Gasteiger partial charge in [0.1, 0.15) is 0 Å². The number of para-hydroxylation sites is 2. The van der Waals surface area contributed by atoms with Gasteiger partial charge in [0, 0.05) is 39.5 Å². The molecule has 0 bridgehead atoms. The van der Waals surface area contributed by atoms with Crippen LogP contribution in [-0.4, -0.2) is 0 Å². The number of benzene rings is 7. The Hall–Kier alpha value is -6.12. The Morgan fingerprint density at radius 1 is 0.426 bits per heavy atom. The van der Waals surface area contributed by atoms with Crippen molar-refractivity contribution in [2.45, 2.75) is 52.4 Å². The highest BCUT2D eigenvalue weighted by atomic mass is 15.1. The van der Waals surface area contributed by atoms with E-state index in [0.29, 0.717) is 0 Å². The molecule has 0 amide bonds. The molecule has 0 heterocycles. The van der Waals surface area contributed by atoms with Gasteiger partial charge in [0.2, 0.25) is 0 Å². The van der Waals surface area contributed by atoms with Gasteiger partial charge in [0.15, 0.2) is 0 Å². The largest absolute Gasteiger partial charge is 0.311 e. The van der Waals surface area contributed by atoms with Crippen molar-refractivity contribution in [1.82, 2.24) is 0 Å². The summed E-state index contributed by atoms with van der Waals surface area (Å²) in [6, 6.07) is 61.9. The smallest absolute Gasteiger partial charge is 0.0465 e. The number of rotatable bonds is 8. The number of nitrogens with zero attached hydrogens (tertiary/aromatic N) is 2. The van der Waals surface area contributed by atoms with Crippen molar-refractivity contribution in [3.05, 3.63) is 203 Å². The van der Waals surface area contributed by atoms with Crippen LogP contribution in [0.4, 0.5) is 34.1 Å². The fraction of sp³-hybridized carbons (Fsp3) is 0.154. The molecule has 7 aromatic carbocycles. The van der Waals surface area contributed by atoms with Gasteiger partial charge in [-0.2, -0.15) is 0 Å². The van der Waals surface area contributed by atoms with E-state index in [4.69, 9.17) is 0 Å². The average Bonchev–Trinajstić information content (AvgIpc) is 3.41. The maximum Gasteiger partial charge on any atom is 0.0465 e. The molecule has 0 aromatic heterocycles. The molecule has 0 aliphatic heterocycles. The normalized spacial score (nSPS) is 13.1. The molecule has 0 fully saturated rings. The van der Waals surface area contributed by atoms with Crippen molar-refractivity contribution in [2.24, 2.45) is 0 Å². The Balaban J connectivity index is 1.06. The number of fused-ring (bicyclic) bond motifs is 3. The molecule has 7 aromatic rings. The molecule has 0 unspecified atom stereocenters. The van der Waals surface area contributed by atoms with Crippen molar-refractivity contribution in [3.63, 3.8) is 0 Å². The van der Waals surface area contributed by atoms with Crippen LogP contribution in [0.2, 0.25) is 0 Å². The second-order valence-corrected chi connectivity index (χ2v) is 16.1. The summed E-state index contributed by atoms with van der Waals surface area (Å²) in [5.74, 6) is 0. The number of anilines is 6. The molecule has 8 rings (SSSR count). The van der Waals surface area contributed by atoms with Gasteiger partial charge in [0.25, 0.3) is 0 Å². The highest BCUT2D eigenvalue weighted by Crippen LogP contribution is 2.51. The summed E-state index contributed by atoms with van der Waals surface area (Å²) in [5, 5.41) is 0. The zero-order valence-electron chi connectivity index (χ0n) is 32.2. The van der Waals surface area contributed by atoms with Crippen LogP contribution >= 0.6 is 0 Å². The third kappa shape index (κ3) is 6.76. The molecular formula is C52H48N2. The van der Waals surface area contributed by atoms with E-state index in [0.717, 1.165) is 28.4 Å². The van der Waals surface area contributed by atoms with Crippen LogP contribution in [0, 0.1) is 6.92 Å². The molecule has 2 nitrogen and oxygen atoms in total. The summed E-state index contributed by atoms with van der Waals surface area (Å²) in [6.45, 7) is 13.6. The van der Waals surface area contributed by atoms with E-state index in [-0.39, 0.29) is 10.8 Å². The molecule has 1 aliphatic rings. The summed E-state index contributed by atoms with van der Waals surface area (Å²) < 4.78 is 0. The highest BCUT2D eigenvalue weighted by Gasteiger charge is 2.36. The van der Waals surface area contributed by atoms with E-state index in [9.17, 15) is 0 Å². The second-order valence-electron chi connectivity index (χ2n) is 16.1. The number of hydrogen-bond acceptors (Lipinski definition) is 2. The number of hydrogen-bond donors (Lipinski definition) is 0. The van der Waals surface area contributed by atoms with Crippen molar-refractivity contribution in [2.75, 3.05) is 9.80 Å². The first-order valence-electron chi connectivity index (χ1n) is 19.0. The van der Waals surface area contributed by atoms with Crippen LogP contribution in [-0.2, 0) is 10.8 Å². The van der Waals surface area contributed by atoms with Gasteiger partial charge < -0.3 is 9.80 Å². The van der Waals surface area contributed by atoms with Crippen LogP contribution in [0.25, 0.3) is 23.3 Å². The summed E-state index contributed by atoms with van der Waals surface area (Å²) in [4.78, 5) is 4.69. The highest BCUT2D eigenvalue weighted by molar-refractivity contribution is 5.87. The maximum atomic E-state index is 2.39. The molecule has 0 saturated heterocycles. The zero-order valence-corrected chi connectivity index (χ0v) is 32.2. The minimum absolute atomic E-state index is 0.107. The van der Waals surface area contributed by atoms with Crippen molar-refractivity contribution in [1.29, 1.82) is 0 Å². The molecule has 266 valence electrons. The lowest BCUT2D eigenvalue weighted by atomic mass is 9.81. The SMILES string of the molecule is Cc1ccc(N(c2ccc(/C=C/c3ccc4c(c3)C(C)(C)c3cc(N(c5ccccc5)c5ccccc5)ccc3-4)cc2)c2ccc(C(C)(C)C)cc2)cc1. The molecule has 54 heavy (non-hydrogen) atoms. The molecule has 1 aliphatic carbocycles.